The van der Waals surface area contributed by atoms with Gasteiger partial charge in [0.1, 0.15) is 12.7 Å². The topological polar surface area (TPSA) is 87.9 Å². The Hall–Kier alpha value is -2.94. The predicted octanol–water partition coefficient (Wildman–Crippen LogP) is 2.10. The van der Waals surface area contributed by atoms with Crippen molar-refractivity contribution < 1.29 is 9.53 Å². The quantitative estimate of drug-likeness (QED) is 0.906. The van der Waals surface area contributed by atoms with Crippen molar-refractivity contribution in [2.24, 2.45) is 0 Å². The van der Waals surface area contributed by atoms with E-state index >= 15 is 0 Å². The van der Waals surface area contributed by atoms with Crippen LogP contribution in [0.15, 0.2) is 42.7 Å². The van der Waals surface area contributed by atoms with Gasteiger partial charge in [-0.15, -0.1) is 0 Å². The van der Waals surface area contributed by atoms with Crippen molar-refractivity contribution >= 4 is 11.9 Å². The first-order chi connectivity index (χ1) is 9.29. The summed E-state index contributed by atoms with van der Waals surface area (Å²) in [5, 5.41) is 11.2. The summed E-state index contributed by atoms with van der Waals surface area (Å²) >= 11 is 0. The van der Waals surface area contributed by atoms with Crippen LogP contribution in [0.4, 0.5) is 10.6 Å². The molecule has 94 valence electrons. The number of carbonyl (C=O) groups excluding carboxylic acids is 1. The average Bonchev–Trinajstić information content (AvgIpc) is 2.47. The molecule has 0 saturated carbocycles. The number of rotatable bonds is 3. The van der Waals surface area contributed by atoms with Crippen LogP contribution in [0.1, 0.15) is 11.3 Å². The van der Waals surface area contributed by atoms with Crippen LogP contribution in [0, 0.1) is 11.3 Å². The van der Waals surface area contributed by atoms with Crippen molar-refractivity contribution in [1.82, 2.24) is 9.97 Å². The summed E-state index contributed by atoms with van der Waals surface area (Å²) in [7, 11) is 0. The van der Waals surface area contributed by atoms with Gasteiger partial charge in [-0.3, -0.25) is 5.32 Å². The van der Waals surface area contributed by atoms with Crippen LogP contribution < -0.4 is 5.32 Å². The Morgan fingerprint density at radius 2 is 2.00 bits per heavy atom. The smallest absolute Gasteiger partial charge is 0.413 e. The van der Waals surface area contributed by atoms with Crippen molar-refractivity contribution in [3.8, 4) is 6.07 Å². The number of benzene rings is 1. The Morgan fingerprint density at radius 1 is 1.26 bits per heavy atom. The second-order valence-electron chi connectivity index (χ2n) is 3.55. The lowest BCUT2D eigenvalue weighted by Gasteiger charge is -2.06. The van der Waals surface area contributed by atoms with Crippen LogP contribution in [-0.2, 0) is 11.3 Å². The number of nitrogens with one attached hydrogen (secondary N) is 1. The van der Waals surface area contributed by atoms with Crippen molar-refractivity contribution in [1.29, 1.82) is 5.26 Å². The van der Waals surface area contributed by atoms with E-state index in [-0.39, 0.29) is 18.1 Å². The molecule has 1 N–H and O–H groups in total. The molecular weight excluding hydrogens is 244 g/mol. The van der Waals surface area contributed by atoms with Crippen LogP contribution in [0.25, 0.3) is 0 Å². The third-order valence-electron chi connectivity index (χ3n) is 2.24. The van der Waals surface area contributed by atoms with E-state index in [1.807, 2.05) is 36.4 Å². The standard InChI is InChI=1S/C13H10N4O2/c14-8-11-12(16-7-6-15-11)17-13(18)19-9-10-4-2-1-3-5-10/h1-7H,9H2,(H,16,17,18). The molecule has 0 bridgehead atoms. The largest absolute Gasteiger partial charge is 0.444 e. The molecule has 0 atom stereocenters. The molecule has 0 aliphatic heterocycles. The molecule has 0 spiro atoms. The summed E-state index contributed by atoms with van der Waals surface area (Å²) in [6, 6.07) is 11.1. The van der Waals surface area contributed by atoms with Crippen molar-refractivity contribution in [2.75, 3.05) is 5.32 Å². The van der Waals surface area contributed by atoms with Crippen molar-refractivity contribution in [2.45, 2.75) is 6.61 Å². The highest BCUT2D eigenvalue weighted by Crippen LogP contribution is 2.07. The Morgan fingerprint density at radius 3 is 2.74 bits per heavy atom. The maximum atomic E-state index is 11.5. The Balaban J connectivity index is 1.93. The fraction of sp³-hybridized carbons (Fsp3) is 0.0769. The minimum atomic E-state index is -0.680. The Labute approximate surface area is 109 Å². The second-order valence-corrected chi connectivity index (χ2v) is 3.55. The third kappa shape index (κ3) is 3.51. The van der Waals surface area contributed by atoms with E-state index in [1.54, 1.807) is 0 Å². The van der Waals surface area contributed by atoms with Crippen LogP contribution in [-0.4, -0.2) is 16.1 Å². The molecule has 0 saturated heterocycles. The number of anilines is 1. The van der Waals surface area contributed by atoms with Crippen molar-refractivity contribution in [3.63, 3.8) is 0 Å². The van der Waals surface area contributed by atoms with E-state index in [4.69, 9.17) is 10.00 Å². The SMILES string of the molecule is N#Cc1nccnc1NC(=O)OCc1ccccc1. The lowest BCUT2D eigenvalue weighted by Crippen LogP contribution is -2.15. The van der Waals surface area contributed by atoms with E-state index in [2.05, 4.69) is 15.3 Å². The number of carbonyl (C=O) groups is 1. The van der Waals surface area contributed by atoms with Crippen LogP contribution in [0.3, 0.4) is 0 Å². The molecule has 2 aromatic rings. The monoisotopic (exact) mass is 254 g/mol. The molecule has 0 aliphatic carbocycles. The summed E-state index contributed by atoms with van der Waals surface area (Å²) < 4.78 is 5.00. The maximum Gasteiger partial charge on any atom is 0.413 e. The normalized spacial score (nSPS) is 9.42. The summed E-state index contributed by atoms with van der Waals surface area (Å²) in [5.74, 6) is 0.0862. The van der Waals surface area contributed by atoms with E-state index in [0.717, 1.165) is 5.56 Å². The fourth-order valence-corrected chi connectivity index (χ4v) is 1.37. The van der Waals surface area contributed by atoms with E-state index < -0.39 is 6.09 Å². The number of nitrogens with zero attached hydrogens (tertiary/aromatic N) is 3. The van der Waals surface area contributed by atoms with Gasteiger partial charge >= 0.3 is 6.09 Å². The highest BCUT2D eigenvalue weighted by Gasteiger charge is 2.09. The van der Waals surface area contributed by atoms with Gasteiger partial charge in [0.15, 0.2) is 11.5 Å². The van der Waals surface area contributed by atoms with Crippen LogP contribution >= 0.6 is 0 Å². The van der Waals surface area contributed by atoms with Gasteiger partial charge in [-0.25, -0.2) is 14.8 Å². The minimum Gasteiger partial charge on any atom is -0.444 e. The average molecular weight is 254 g/mol. The summed E-state index contributed by atoms with van der Waals surface area (Å²) in [4.78, 5) is 19.2. The third-order valence-corrected chi connectivity index (χ3v) is 2.24. The number of hydrogen-bond donors (Lipinski definition) is 1. The van der Waals surface area contributed by atoms with Gasteiger partial charge < -0.3 is 4.74 Å². The molecule has 19 heavy (non-hydrogen) atoms. The molecule has 1 aromatic heterocycles. The molecule has 0 radical (unpaired) electrons. The summed E-state index contributed by atoms with van der Waals surface area (Å²) in [6.07, 6.45) is 2.08. The molecular formula is C13H10N4O2. The minimum absolute atomic E-state index is 0.0409. The van der Waals surface area contributed by atoms with E-state index in [9.17, 15) is 4.79 Å². The molecule has 6 heteroatoms. The number of hydrogen-bond acceptors (Lipinski definition) is 5. The number of aromatic nitrogens is 2. The molecule has 1 heterocycles. The van der Waals surface area contributed by atoms with Gasteiger partial charge in [0.2, 0.25) is 0 Å². The highest BCUT2D eigenvalue weighted by molar-refractivity contribution is 5.84. The Kier molecular flexibility index (Phi) is 4.03. The zero-order valence-electron chi connectivity index (χ0n) is 9.91. The molecule has 0 fully saturated rings. The first-order valence-electron chi connectivity index (χ1n) is 5.48. The molecule has 1 amide bonds. The van der Waals surface area contributed by atoms with Crippen LogP contribution in [0.5, 0.6) is 0 Å². The van der Waals surface area contributed by atoms with E-state index in [1.165, 1.54) is 12.4 Å². The predicted molar refractivity (Wildman–Crippen MR) is 67.0 cm³/mol. The lowest BCUT2D eigenvalue weighted by atomic mass is 10.2. The van der Waals surface area contributed by atoms with Gasteiger partial charge in [-0.2, -0.15) is 5.26 Å². The molecule has 0 aliphatic rings. The molecule has 6 nitrogen and oxygen atoms in total. The van der Waals surface area contributed by atoms with Gasteiger partial charge in [0.25, 0.3) is 0 Å². The Bertz CT molecular complexity index is 608. The molecule has 2 rings (SSSR count). The van der Waals surface area contributed by atoms with Gasteiger partial charge in [-0.1, -0.05) is 30.3 Å². The number of nitriles is 1. The lowest BCUT2D eigenvalue weighted by molar-refractivity contribution is 0.155. The zero-order chi connectivity index (χ0) is 13.5. The maximum absolute atomic E-state index is 11.5. The van der Waals surface area contributed by atoms with Gasteiger partial charge in [0, 0.05) is 12.4 Å². The first kappa shape index (κ1) is 12.5. The second kappa shape index (κ2) is 6.12. The first-order valence-corrected chi connectivity index (χ1v) is 5.48. The van der Waals surface area contributed by atoms with Crippen molar-refractivity contribution in [3.05, 3.63) is 54.0 Å². The van der Waals surface area contributed by atoms with Crippen LogP contribution in [0.2, 0.25) is 0 Å². The van der Waals surface area contributed by atoms with E-state index in [0.29, 0.717) is 0 Å². The fourth-order valence-electron chi connectivity index (χ4n) is 1.37. The summed E-state index contributed by atoms with van der Waals surface area (Å²) in [5.41, 5.74) is 0.913. The summed E-state index contributed by atoms with van der Waals surface area (Å²) in [6.45, 7) is 0.148. The van der Waals surface area contributed by atoms with Gasteiger partial charge in [0.05, 0.1) is 0 Å². The molecule has 0 unspecified atom stereocenters. The zero-order valence-corrected chi connectivity index (χ0v) is 9.91. The molecule has 1 aromatic carbocycles. The number of amides is 1. The highest BCUT2D eigenvalue weighted by atomic mass is 16.5. The number of ether oxygens (including phenoxy) is 1. The van der Waals surface area contributed by atoms with Gasteiger partial charge in [-0.05, 0) is 5.56 Å².